The molecule has 1 amide bonds. The molecular formula is C11H17ClN4O. The molecular weight excluding hydrogens is 240 g/mol. The predicted molar refractivity (Wildman–Crippen MR) is 67.9 cm³/mol. The van der Waals surface area contributed by atoms with E-state index < -0.39 is 0 Å². The Hall–Kier alpha value is -1.20. The highest BCUT2D eigenvalue weighted by atomic mass is 35.5. The van der Waals surface area contributed by atoms with Crippen LogP contribution in [-0.2, 0) is 4.79 Å². The van der Waals surface area contributed by atoms with Crippen LogP contribution in [0.5, 0.6) is 0 Å². The van der Waals surface area contributed by atoms with Crippen LogP contribution < -0.4 is 11.1 Å². The minimum absolute atomic E-state index is 0.118. The monoisotopic (exact) mass is 256 g/mol. The van der Waals surface area contributed by atoms with E-state index in [1.165, 1.54) is 0 Å². The molecule has 0 saturated heterocycles. The fourth-order valence-corrected chi connectivity index (χ4v) is 1.60. The molecule has 1 rings (SSSR count). The molecule has 6 heteroatoms. The van der Waals surface area contributed by atoms with Gasteiger partial charge in [-0.15, -0.1) is 0 Å². The molecule has 0 radical (unpaired) electrons. The minimum Gasteiger partial charge on any atom is -0.328 e. The van der Waals surface area contributed by atoms with Gasteiger partial charge >= 0.3 is 0 Å². The van der Waals surface area contributed by atoms with E-state index in [0.29, 0.717) is 11.6 Å². The summed E-state index contributed by atoms with van der Waals surface area (Å²) in [4.78, 5) is 19.5. The molecule has 0 aliphatic carbocycles. The van der Waals surface area contributed by atoms with E-state index in [1.807, 2.05) is 6.92 Å². The Labute approximate surface area is 106 Å². The largest absolute Gasteiger partial charge is 0.328 e. The average Bonchev–Trinajstić information content (AvgIpc) is 2.14. The number of halogens is 1. The van der Waals surface area contributed by atoms with E-state index in [0.717, 1.165) is 18.5 Å². The van der Waals surface area contributed by atoms with Gasteiger partial charge in [0, 0.05) is 18.2 Å². The second kappa shape index (κ2) is 6.51. The van der Waals surface area contributed by atoms with Gasteiger partial charge in [-0.3, -0.25) is 10.1 Å². The molecule has 0 aromatic carbocycles. The van der Waals surface area contributed by atoms with E-state index in [1.54, 1.807) is 13.0 Å². The molecule has 0 saturated carbocycles. The summed E-state index contributed by atoms with van der Waals surface area (Å²) in [5, 5.41) is 2.93. The maximum absolute atomic E-state index is 11.5. The topological polar surface area (TPSA) is 80.9 Å². The van der Waals surface area contributed by atoms with E-state index in [2.05, 4.69) is 15.3 Å². The van der Waals surface area contributed by atoms with E-state index in [4.69, 9.17) is 17.3 Å². The highest BCUT2D eigenvalue weighted by Gasteiger charge is 2.06. The third-order valence-electron chi connectivity index (χ3n) is 2.14. The Morgan fingerprint density at radius 1 is 1.59 bits per heavy atom. The Balaban J connectivity index is 2.45. The van der Waals surface area contributed by atoms with Gasteiger partial charge < -0.3 is 5.73 Å². The van der Waals surface area contributed by atoms with E-state index >= 15 is 0 Å². The number of hydrogen-bond acceptors (Lipinski definition) is 4. The number of carbonyl (C=O) groups is 1. The maximum Gasteiger partial charge on any atom is 0.231 e. The van der Waals surface area contributed by atoms with Gasteiger partial charge in [0.2, 0.25) is 11.9 Å². The number of nitrogens with one attached hydrogen (secondary N) is 1. The summed E-state index contributed by atoms with van der Waals surface area (Å²) in [6.07, 6.45) is 1.99. The maximum atomic E-state index is 11.5. The van der Waals surface area contributed by atoms with Crippen LogP contribution in [0.15, 0.2) is 6.07 Å². The number of amides is 1. The lowest BCUT2D eigenvalue weighted by Gasteiger charge is -2.06. The van der Waals surface area contributed by atoms with Crippen LogP contribution in [0.2, 0.25) is 5.15 Å². The molecule has 94 valence electrons. The highest BCUT2D eigenvalue weighted by Crippen LogP contribution is 2.10. The van der Waals surface area contributed by atoms with Crippen LogP contribution in [0.1, 0.15) is 31.9 Å². The number of carbonyl (C=O) groups excluding carboxylic acids is 1. The van der Waals surface area contributed by atoms with Crippen molar-refractivity contribution in [3.63, 3.8) is 0 Å². The third kappa shape index (κ3) is 5.60. The zero-order valence-corrected chi connectivity index (χ0v) is 10.8. The number of nitrogens with two attached hydrogens (primary N) is 1. The first-order valence-electron chi connectivity index (χ1n) is 5.54. The summed E-state index contributed by atoms with van der Waals surface area (Å²) in [7, 11) is 0. The molecule has 0 aliphatic heterocycles. The Bertz CT molecular complexity index is 375. The first-order valence-corrected chi connectivity index (χ1v) is 5.92. The SMILES string of the molecule is Cc1cc(Cl)nc(NC(=O)CCCC(C)N)n1. The highest BCUT2D eigenvalue weighted by molar-refractivity contribution is 6.29. The van der Waals surface area contributed by atoms with Crippen molar-refractivity contribution in [1.29, 1.82) is 0 Å². The van der Waals surface area contributed by atoms with Crippen LogP contribution in [-0.4, -0.2) is 21.9 Å². The van der Waals surface area contributed by atoms with Crippen molar-refractivity contribution < 1.29 is 4.79 Å². The van der Waals surface area contributed by atoms with Crippen LogP contribution in [0.4, 0.5) is 5.95 Å². The van der Waals surface area contributed by atoms with Crippen LogP contribution in [0.25, 0.3) is 0 Å². The number of nitrogens with zero attached hydrogens (tertiary/aromatic N) is 2. The van der Waals surface area contributed by atoms with Crippen molar-refractivity contribution in [2.24, 2.45) is 5.73 Å². The molecule has 5 nitrogen and oxygen atoms in total. The lowest BCUT2D eigenvalue weighted by Crippen LogP contribution is -2.17. The van der Waals surface area contributed by atoms with Gasteiger partial charge in [-0.1, -0.05) is 11.6 Å². The molecule has 0 bridgehead atoms. The van der Waals surface area contributed by atoms with Gasteiger partial charge in [0.05, 0.1) is 0 Å². The zero-order valence-electron chi connectivity index (χ0n) is 10.0. The van der Waals surface area contributed by atoms with Crippen molar-refractivity contribution in [2.45, 2.75) is 39.2 Å². The zero-order chi connectivity index (χ0) is 12.8. The molecule has 1 heterocycles. The summed E-state index contributed by atoms with van der Waals surface area (Å²) < 4.78 is 0. The molecule has 1 atom stereocenters. The molecule has 0 aliphatic rings. The van der Waals surface area contributed by atoms with Crippen molar-refractivity contribution in [2.75, 3.05) is 5.32 Å². The van der Waals surface area contributed by atoms with Gasteiger partial charge in [-0.05, 0) is 32.8 Å². The Kier molecular flexibility index (Phi) is 5.31. The summed E-state index contributed by atoms with van der Waals surface area (Å²) in [5.41, 5.74) is 6.32. The molecule has 17 heavy (non-hydrogen) atoms. The van der Waals surface area contributed by atoms with E-state index in [9.17, 15) is 4.79 Å². The Morgan fingerprint density at radius 3 is 2.88 bits per heavy atom. The number of aromatic nitrogens is 2. The van der Waals surface area contributed by atoms with E-state index in [-0.39, 0.29) is 17.9 Å². The summed E-state index contributed by atoms with van der Waals surface area (Å²) >= 11 is 5.76. The third-order valence-corrected chi connectivity index (χ3v) is 2.33. The minimum atomic E-state index is -0.118. The van der Waals surface area contributed by atoms with Gasteiger partial charge in [0.15, 0.2) is 0 Å². The standard InChI is InChI=1S/C11H17ClN4O/c1-7(13)4-3-5-10(17)16-11-14-8(2)6-9(12)15-11/h6-7H,3-5,13H2,1-2H3,(H,14,15,16,17). The number of hydrogen-bond donors (Lipinski definition) is 2. The van der Waals surface area contributed by atoms with Crippen molar-refractivity contribution in [3.05, 3.63) is 16.9 Å². The smallest absolute Gasteiger partial charge is 0.231 e. The number of aryl methyl sites for hydroxylation is 1. The lowest BCUT2D eigenvalue weighted by molar-refractivity contribution is -0.116. The molecule has 1 aromatic heterocycles. The fourth-order valence-electron chi connectivity index (χ4n) is 1.36. The predicted octanol–water partition coefficient (Wildman–Crippen LogP) is 1.89. The lowest BCUT2D eigenvalue weighted by atomic mass is 10.1. The quantitative estimate of drug-likeness (QED) is 0.789. The van der Waals surface area contributed by atoms with Crippen LogP contribution >= 0.6 is 11.6 Å². The van der Waals surface area contributed by atoms with Gasteiger partial charge in [0.25, 0.3) is 0 Å². The first kappa shape index (κ1) is 13.9. The fraction of sp³-hybridized carbons (Fsp3) is 0.545. The normalized spacial score (nSPS) is 12.2. The van der Waals surface area contributed by atoms with Crippen molar-refractivity contribution >= 4 is 23.5 Å². The van der Waals surface area contributed by atoms with Gasteiger partial charge in [-0.2, -0.15) is 0 Å². The summed E-state index contributed by atoms with van der Waals surface area (Å²) in [6.45, 7) is 3.71. The first-order chi connectivity index (χ1) is 7.97. The number of rotatable bonds is 5. The molecule has 1 aromatic rings. The van der Waals surface area contributed by atoms with Crippen molar-refractivity contribution in [1.82, 2.24) is 9.97 Å². The van der Waals surface area contributed by atoms with Crippen LogP contribution in [0, 0.1) is 6.92 Å². The van der Waals surface area contributed by atoms with Gasteiger partial charge in [0.1, 0.15) is 5.15 Å². The average molecular weight is 257 g/mol. The second-order valence-corrected chi connectivity index (χ2v) is 4.46. The molecule has 3 N–H and O–H groups in total. The molecule has 0 fully saturated rings. The summed E-state index contributed by atoms with van der Waals surface area (Å²) in [5.74, 6) is 0.133. The van der Waals surface area contributed by atoms with Crippen molar-refractivity contribution in [3.8, 4) is 0 Å². The molecule has 0 spiro atoms. The van der Waals surface area contributed by atoms with Crippen LogP contribution in [0.3, 0.4) is 0 Å². The molecule has 1 unspecified atom stereocenters. The number of anilines is 1. The second-order valence-electron chi connectivity index (χ2n) is 4.07. The summed E-state index contributed by atoms with van der Waals surface area (Å²) in [6, 6.07) is 1.75. The Morgan fingerprint density at radius 2 is 2.29 bits per heavy atom. The van der Waals surface area contributed by atoms with Gasteiger partial charge in [-0.25, -0.2) is 9.97 Å².